The number of pyridine rings is 1. The van der Waals surface area contributed by atoms with E-state index in [4.69, 9.17) is 11.6 Å². The molecular formula is C15H22ClN3O. The summed E-state index contributed by atoms with van der Waals surface area (Å²) < 4.78 is 0. The molecule has 1 aromatic rings. The first kappa shape index (κ1) is 15.1. The van der Waals surface area contributed by atoms with Crippen LogP contribution in [0.4, 0.5) is 5.82 Å². The highest BCUT2D eigenvalue weighted by molar-refractivity contribution is 6.29. The molecule has 0 aliphatic carbocycles. The Labute approximate surface area is 125 Å². The van der Waals surface area contributed by atoms with Gasteiger partial charge in [0.05, 0.1) is 0 Å². The number of hydrogen-bond acceptors (Lipinski definition) is 3. The molecule has 2 rings (SSSR count). The number of halogens is 1. The molecule has 5 heteroatoms. The van der Waals surface area contributed by atoms with Crippen molar-refractivity contribution in [3.63, 3.8) is 0 Å². The highest BCUT2D eigenvalue weighted by atomic mass is 35.5. The van der Waals surface area contributed by atoms with Crippen molar-refractivity contribution in [2.45, 2.75) is 52.1 Å². The van der Waals surface area contributed by atoms with Crippen LogP contribution in [0.5, 0.6) is 0 Å². The van der Waals surface area contributed by atoms with E-state index in [-0.39, 0.29) is 18.0 Å². The Morgan fingerprint density at radius 3 is 2.65 bits per heavy atom. The van der Waals surface area contributed by atoms with Gasteiger partial charge in [-0.15, -0.1) is 0 Å². The number of amides is 1. The average Bonchev–Trinajstić information content (AvgIpc) is 2.38. The van der Waals surface area contributed by atoms with Gasteiger partial charge in [0.2, 0.25) is 0 Å². The Morgan fingerprint density at radius 1 is 1.40 bits per heavy atom. The molecule has 2 heterocycles. The van der Waals surface area contributed by atoms with Crippen LogP contribution in [0.1, 0.15) is 50.4 Å². The minimum Gasteiger partial charge on any atom is -0.370 e. The maximum absolute atomic E-state index is 12.7. The topological polar surface area (TPSA) is 45.2 Å². The second kappa shape index (κ2) is 6.44. The Hall–Kier alpha value is -1.29. The zero-order valence-corrected chi connectivity index (χ0v) is 13.1. The molecule has 0 bridgehead atoms. The molecule has 0 unspecified atom stereocenters. The van der Waals surface area contributed by atoms with Crippen molar-refractivity contribution in [2.24, 2.45) is 0 Å². The number of anilines is 1. The summed E-state index contributed by atoms with van der Waals surface area (Å²) in [6.45, 7) is 6.96. The van der Waals surface area contributed by atoms with Crippen LogP contribution in [0.15, 0.2) is 12.1 Å². The molecule has 4 nitrogen and oxygen atoms in total. The molecule has 1 aromatic heterocycles. The van der Waals surface area contributed by atoms with E-state index >= 15 is 0 Å². The summed E-state index contributed by atoms with van der Waals surface area (Å²) in [5, 5.41) is 3.45. The number of likely N-dealkylation sites (tertiary alicyclic amines) is 1. The zero-order valence-electron chi connectivity index (χ0n) is 12.3. The van der Waals surface area contributed by atoms with Gasteiger partial charge in [0.25, 0.3) is 5.91 Å². The van der Waals surface area contributed by atoms with Crippen LogP contribution < -0.4 is 5.32 Å². The number of nitrogens with one attached hydrogen (secondary N) is 1. The summed E-state index contributed by atoms with van der Waals surface area (Å²) >= 11 is 6.02. The Bertz CT molecular complexity index is 482. The van der Waals surface area contributed by atoms with Crippen LogP contribution in [0.2, 0.25) is 5.15 Å². The molecular weight excluding hydrogens is 274 g/mol. The number of piperidine rings is 1. The lowest BCUT2D eigenvalue weighted by atomic mass is 9.96. The molecule has 0 spiro atoms. The van der Waals surface area contributed by atoms with E-state index in [9.17, 15) is 4.79 Å². The molecule has 20 heavy (non-hydrogen) atoms. The van der Waals surface area contributed by atoms with E-state index in [1.807, 2.05) is 11.8 Å². The Balaban J connectivity index is 2.27. The van der Waals surface area contributed by atoms with E-state index < -0.39 is 0 Å². The van der Waals surface area contributed by atoms with Crippen LogP contribution in [0.3, 0.4) is 0 Å². The summed E-state index contributed by atoms with van der Waals surface area (Å²) in [5.41, 5.74) is 0.613. The minimum atomic E-state index is 0.0492. The summed E-state index contributed by atoms with van der Waals surface area (Å²) in [6.07, 6.45) is 3.32. The summed E-state index contributed by atoms with van der Waals surface area (Å²) in [4.78, 5) is 18.9. The number of rotatable bonds is 3. The van der Waals surface area contributed by atoms with E-state index in [1.54, 1.807) is 12.1 Å². The largest absolute Gasteiger partial charge is 0.370 e. The molecule has 0 saturated carbocycles. The van der Waals surface area contributed by atoms with Crippen molar-refractivity contribution in [3.8, 4) is 0 Å². The smallest absolute Gasteiger partial charge is 0.254 e. The molecule has 0 aromatic carbocycles. The van der Waals surface area contributed by atoms with Crippen LogP contribution in [-0.2, 0) is 0 Å². The minimum absolute atomic E-state index is 0.0492. The second-order valence-corrected chi connectivity index (χ2v) is 5.82. The fourth-order valence-corrected chi connectivity index (χ4v) is 3.07. The molecule has 0 radical (unpaired) electrons. The maximum Gasteiger partial charge on any atom is 0.254 e. The SMILES string of the molecule is CCNc1cc(C(=O)N2[C@H](C)CCC[C@@H]2C)cc(Cl)n1. The Morgan fingerprint density at radius 2 is 2.05 bits per heavy atom. The fraction of sp³-hybridized carbons (Fsp3) is 0.600. The fourth-order valence-electron chi connectivity index (χ4n) is 2.86. The predicted molar refractivity (Wildman–Crippen MR) is 82.4 cm³/mol. The summed E-state index contributed by atoms with van der Waals surface area (Å²) in [5.74, 6) is 0.703. The number of hydrogen-bond donors (Lipinski definition) is 1. The third-order valence-electron chi connectivity index (χ3n) is 3.83. The standard InChI is InChI=1S/C15H22ClN3O/c1-4-17-14-9-12(8-13(16)18-14)15(20)19-10(2)6-5-7-11(19)3/h8-11H,4-7H2,1-3H3,(H,17,18)/t10-,11+. The van der Waals surface area contributed by atoms with Gasteiger partial charge in [0.1, 0.15) is 11.0 Å². The van der Waals surface area contributed by atoms with Crippen LogP contribution >= 0.6 is 11.6 Å². The maximum atomic E-state index is 12.7. The van der Waals surface area contributed by atoms with E-state index in [1.165, 1.54) is 6.42 Å². The van der Waals surface area contributed by atoms with Gasteiger partial charge >= 0.3 is 0 Å². The average molecular weight is 296 g/mol. The number of nitrogens with zero attached hydrogens (tertiary/aromatic N) is 2. The van der Waals surface area contributed by atoms with Crippen molar-refractivity contribution in [1.29, 1.82) is 0 Å². The molecule has 1 fully saturated rings. The van der Waals surface area contributed by atoms with Gasteiger partial charge in [-0.05, 0) is 52.2 Å². The lowest BCUT2D eigenvalue weighted by molar-refractivity contribution is 0.0510. The molecule has 1 N–H and O–H groups in total. The molecule has 1 aliphatic heterocycles. The van der Waals surface area contributed by atoms with Gasteiger partial charge in [-0.1, -0.05) is 11.6 Å². The zero-order chi connectivity index (χ0) is 14.7. The van der Waals surface area contributed by atoms with Crippen molar-refractivity contribution < 1.29 is 4.79 Å². The van der Waals surface area contributed by atoms with Gasteiger partial charge < -0.3 is 10.2 Å². The highest BCUT2D eigenvalue weighted by Gasteiger charge is 2.29. The first-order chi connectivity index (χ1) is 9.52. The Kier molecular flexibility index (Phi) is 4.86. The van der Waals surface area contributed by atoms with Crippen LogP contribution in [0.25, 0.3) is 0 Å². The monoisotopic (exact) mass is 295 g/mol. The van der Waals surface area contributed by atoms with Gasteiger partial charge in [0.15, 0.2) is 0 Å². The van der Waals surface area contributed by atoms with Crippen molar-refractivity contribution in [1.82, 2.24) is 9.88 Å². The molecule has 1 saturated heterocycles. The number of carbonyl (C=O) groups excluding carboxylic acids is 1. The van der Waals surface area contributed by atoms with Crippen LogP contribution in [-0.4, -0.2) is 34.4 Å². The van der Waals surface area contributed by atoms with Gasteiger partial charge in [-0.25, -0.2) is 4.98 Å². The third kappa shape index (κ3) is 3.23. The van der Waals surface area contributed by atoms with Crippen molar-refractivity contribution >= 4 is 23.3 Å². The molecule has 1 amide bonds. The highest BCUT2D eigenvalue weighted by Crippen LogP contribution is 2.26. The van der Waals surface area contributed by atoms with Crippen molar-refractivity contribution in [3.05, 3.63) is 22.8 Å². The van der Waals surface area contributed by atoms with Gasteiger partial charge in [-0.3, -0.25) is 4.79 Å². The quantitative estimate of drug-likeness (QED) is 0.867. The van der Waals surface area contributed by atoms with Gasteiger partial charge in [-0.2, -0.15) is 0 Å². The first-order valence-corrected chi connectivity index (χ1v) is 7.64. The normalized spacial score (nSPS) is 22.7. The lowest BCUT2D eigenvalue weighted by Gasteiger charge is -2.39. The second-order valence-electron chi connectivity index (χ2n) is 5.44. The lowest BCUT2D eigenvalue weighted by Crippen LogP contribution is -2.47. The van der Waals surface area contributed by atoms with E-state index in [0.29, 0.717) is 16.5 Å². The van der Waals surface area contributed by atoms with Gasteiger partial charge in [0, 0.05) is 24.2 Å². The molecule has 2 atom stereocenters. The molecule has 110 valence electrons. The van der Waals surface area contributed by atoms with E-state index in [2.05, 4.69) is 24.1 Å². The van der Waals surface area contributed by atoms with Crippen LogP contribution in [0, 0.1) is 0 Å². The predicted octanol–water partition coefficient (Wildman–Crippen LogP) is 3.57. The summed E-state index contributed by atoms with van der Waals surface area (Å²) in [6, 6.07) is 3.99. The van der Waals surface area contributed by atoms with Crippen molar-refractivity contribution in [2.75, 3.05) is 11.9 Å². The summed E-state index contributed by atoms with van der Waals surface area (Å²) in [7, 11) is 0. The van der Waals surface area contributed by atoms with E-state index in [0.717, 1.165) is 19.4 Å². The number of aromatic nitrogens is 1. The number of carbonyl (C=O) groups is 1. The first-order valence-electron chi connectivity index (χ1n) is 7.27. The molecule has 1 aliphatic rings. The third-order valence-corrected chi connectivity index (χ3v) is 4.02.